The lowest BCUT2D eigenvalue weighted by Crippen LogP contribution is -1.98. The predicted molar refractivity (Wildman–Crippen MR) is 66.1 cm³/mol. The van der Waals surface area contributed by atoms with Gasteiger partial charge in [0, 0.05) is 12.1 Å². The number of aryl methyl sites for hydroxylation is 1. The number of aromatic nitrogens is 2. The van der Waals surface area contributed by atoms with Crippen molar-refractivity contribution in [3.8, 4) is 11.3 Å². The molecule has 0 unspecified atom stereocenters. The van der Waals surface area contributed by atoms with Gasteiger partial charge >= 0.3 is 0 Å². The van der Waals surface area contributed by atoms with Crippen LogP contribution in [0.25, 0.3) is 11.3 Å². The second-order valence-electron chi connectivity index (χ2n) is 3.03. The number of benzene rings is 1. The van der Waals surface area contributed by atoms with Gasteiger partial charge in [0.05, 0.1) is 9.39 Å². The fourth-order valence-corrected chi connectivity index (χ4v) is 2.11. The van der Waals surface area contributed by atoms with Crippen LogP contribution in [0.3, 0.4) is 0 Å². The first-order valence-corrected chi connectivity index (χ1v) is 5.68. The van der Waals surface area contributed by atoms with Crippen LogP contribution in [-0.2, 0) is 6.54 Å². The van der Waals surface area contributed by atoms with Gasteiger partial charge in [-0.15, -0.1) is 0 Å². The van der Waals surface area contributed by atoms with Gasteiger partial charge in [-0.25, -0.2) is 0 Å². The number of rotatable bonds is 2. The lowest BCUT2D eigenvalue weighted by Gasteiger charge is -1.96. The Morgan fingerprint density at radius 3 is 2.57 bits per heavy atom. The fourth-order valence-electron chi connectivity index (χ4n) is 1.37. The lowest BCUT2D eigenvalue weighted by atomic mass is 10.2. The molecular formula is C11H11IN2. The summed E-state index contributed by atoms with van der Waals surface area (Å²) < 4.78 is 3.19. The van der Waals surface area contributed by atoms with Gasteiger partial charge in [-0.2, -0.15) is 5.10 Å². The molecule has 0 amide bonds. The molecule has 0 aliphatic heterocycles. The monoisotopic (exact) mass is 298 g/mol. The zero-order valence-corrected chi connectivity index (χ0v) is 10.1. The lowest BCUT2D eigenvalue weighted by molar-refractivity contribution is 0.646. The van der Waals surface area contributed by atoms with E-state index >= 15 is 0 Å². The molecule has 0 aliphatic rings. The molecule has 0 atom stereocenters. The van der Waals surface area contributed by atoms with Gasteiger partial charge in [0.25, 0.3) is 0 Å². The molecule has 2 aromatic rings. The summed E-state index contributed by atoms with van der Waals surface area (Å²) in [5, 5.41) is 4.51. The third kappa shape index (κ3) is 1.82. The van der Waals surface area contributed by atoms with Crippen LogP contribution in [0, 0.1) is 3.70 Å². The van der Waals surface area contributed by atoms with Gasteiger partial charge in [0.1, 0.15) is 0 Å². The van der Waals surface area contributed by atoms with Crippen LogP contribution in [0.1, 0.15) is 6.92 Å². The maximum Gasteiger partial charge on any atom is 0.0995 e. The molecule has 0 spiro atoms. The predicted octanol–water partition coefficient (Wildman–Crippen LogP) is 3.17. The fraction of sp³-hybridized carbons (Fsp3) is 0.182. The molecule has 0 saturated carbocycles. The normalized spacial score (nSPS) is 10.4. The summed E-state index contributed by atoms with van der Waals surface area (Å²) in [6.07, 6.45) is 0. The molecule has 1 heterocycles. The Morgan fingerprint density at radius 1 is 1.29 bits per heavy atom. The van der Waals surface area contributed by atoms with E-state index in [2.05, 4.69) is 52.8 Å². The largest absolute Gasteiger partial charge is 0.259 e. The molecule has 3 heteroatoms. The molecule has 2 rings (SSSR count). The highest BCUT2D eigenvalue weighted by Crippen LogP contribution is 2.19. The van der Waals surface area contributed by atoms with Gasteiger partial charge in [-0.1, -0.05) is 30.3 Å². The smallest absolute Gasteiger partial charge is 0.0995 e. The molecule has 0 saturated heterocycles. The molecule has 0 bridgehead atoms. The quantitative estimate of drug-likeness (QED) is 0.779. The van der Waals surface area contributed by atoms with Gasteiger partial charge in [-0.05, 0) is 35.6 Å². The molecule has 0 fully saturated rings. The van der Waals surface area contributed by atoms with E-state index in [1.165, 1.54) is 9.26 Å². The van der Waals surface area contributed by atoms with Crippen molar-refractivity contribution in [2.75, 3.05) is 0 Å². The van der Waals surface area contributed by atoms with Crippen molar-refractivity contribution in [3.05, 3.63) is 40.1 Å². The van der Waals surface area contributed by atoms with Crippen molar-refractivity contribution in [1.82, 2.24) is 9.78 Å². The zero-order valence-electron chi connectivity index (χ0n) is 7.94. The number of hydrogen-bond donors (Lipinski definition) is 0. The number of hydrogen-bond acceptors (Lipinski definition) is 1. The molecule has 72 valence electrons. The van der Waals surface area contributed by atoms with Crippen molar-refractivity contribution in [1.29, 1.82) is 0 Å². The first-order chi connectivity index (χ1) is 6.81. The summed E-state index contributed by atoms with van der Waals surface area (Å²) >= 11 is 2.31. The molecule has 0 N–H and O–H groups in total. The molecule has 1 aromatic heterocycles. The Bertz CT molecular complexity index is 420. The Kier molecular flexibility index (Phi) is 2.86. The minimum atomic E-state index is 0.922. The zero-order chi connectivity index (χ0) is 9.97. The third-order valence-electron chi connectivity index (χ3n) is 2.10. The van der Waals surface area contributed by atoms with Gasteiger partial charge < -0.3 is 0 Å². The molecule has 14 heavy (non-hydrogen) atoms. The van der Waals surface area contributed by atoms with E-state index < -0.39 is 0 Å². The molecule has 0 aliphatic carbocycles. The SMILES string of the molecule is CCn1nc(-c2ccccc2)cc1I. The Morgan fingerprint density at radius 2 is 2.00 bits per heavy atom. The summed E-state index contributed by atoms with van der Waals surface area (Å²) in [7, 11) is 0. The van der Waals surface area contributed by atoms with Crippen molar-refractivity contribution < 1.29 is 0 Å². The topological polar surface area (TPSA) is 17.8 Å². The van der Waals surface area contributed by atoms with Crippen LogP contribution in [-0.4, -0.2) is 9.78 Å². The van der Waals surface area contributed by atoms with Gasteiger partial charge in [0.15, 0.2) is 0 Å². The molecule has 2 nitrogen and oxygen atoms in total. The van der Waals surface area contributed by atoms with E-state index in [1.54, 1.807) is 0 Å². The van der Waals surface area contributed by atoms with Crippen LogP contribution >= 0.6 is 22.6 Å². The number of nitrogens with zero attached hydrogens (tertiary/aromatic N) is 2. The summed E-state index contributed by atoms with van der Waals surface area (Å²) in [4.78, 5) is 0. The van der Waals surface area contributed by atoms with E-state index in [-0.39, 0.29) is 0 Å². The Labute approximate surface area is 97.1 Å². The molecule has 0 radical (unpaired) electrons. The summed E-state index contributed by atoms with van der Waals surface area (Å²) in [5.74, 6) is 0. The summed E-state index contributed by atoms with van der Waals surface area (Å²) in [6.45, 7) is 3.02. The molecular weight excluding hydrogens is 287 g/mol. The van der Waals surface area contributed by atoms with E-state index in [9.17, 15) is 0 Å². The van der Waals surface area contributed by atoms with E-state index in [4.69, 9.17) is 0 Å². The highest BCUT2D eigenvalue weighted by molar-refractivity contribution is 14.1. The van der Waals surface area contributed by atoms with E-state index in [0.717, 1.165) is 12.2 Å². The van der Waals surface area contributed by atoms with E-state index in [1.807, 2.05) is 22.9 Å². The Balaban J connectivity index is 2.43. The average Bonchev–Trinajstić information content (AvgIpc) is 2.61. The second-order valence-corrected chi connectivity index (χ2v) is 4.14. The summed E-state index contributed by atoms with van der Waals surface area (Å²) in [5.41, 5.74) is 2.23. The van der Waals surface area contributed by atoms with Crippen molar-refractivity contribution in [2.45, 2.75) is 13.5 Å². The first kappa shape index (κ1) is 9.71. The minimum Gasteiger partial charge on any atom is -0.259 e. The third-order valence-corrected chi connectivity index (χ3v) is 2.97. The number of halogens is 1. The first-order valence-electron chi connectivity index (χ1n) is 4.60. The van der Waals surface area contributed by atoms with Crippen molar-refractivity contribution in [2.24, 2.45) is 0 Å². The van der Waals surface area contributed by atoms with E-state index in [0.29, 0.717) is 0 Å². The van der Waals surface area contributed by atoms with Gasteiger partial charge in [-0.3, -0.25) is 4.68 Å². The van der Waals surface area contributed by atoms with Crippen LogP contribution < -0.4 is 0 Å². The summed E-state index contributed by atoms with van der Waals surface area (Å²) in [6, 6.07) is 12.4. The van der Waals surface area contributed by atoms with Gasteiger partial charge in [0.2, 0.25) is 0 Å². The highest BCUT2D eigenvalue weighted by Gasteiger charge is 2.04. The van der Waals surface area contributed by atoms with Crippen LogP contribution in [0.4, 0.5) is 0 Å². The van der Waals surface area contributed by atoms with Crippen molar-refractivity contribution >= 4 is 22.6 Å². The maximum absolute atomic E-state index is 4.51. The molecule has 1 aromatic carbocycles. The maximum atomic E-state index is 4.51. The standard InChI is InChI=1S/C11H11IN2/c1-2-14-11(12)8-10(13-14)9-6-4-3-5-7-9/h3-8H,2H2,1H3. The highest BCUT2D eigenvalue weighted by atomic mass is 127. The average molecular weight is 298 g/mol. The minimum absolute atomic E-state index is 0.922. The van der Waals surface area contributed by atoms with Crippen LogP contribution in [0.15, 0.2) is 36.4 Å². The van der Waals surface area contributed by atoms with Crippen molar-refractivity contribution in [3.63, 3.8) is 0 Å². The second kappa shape index (κ2) is 4.13. The van der Waals surface area contributed by atoms with Crippen LogP contribution in [0.2, 0.25) is 0 Å². The van der Waals surface area contributed by atoms with Crippen LogP contribution in [0.5, 0.6) is 0 Å². The Hall–Kier alpha value is -0.840.